The second-order valence-corrected chi connectivity index (χ2v) is 9.20. The minimum Gasteiger partial charge on any atom is -0.507 e. The SMILES string of the molecule is COC(=O)CC(c1cc2ccccc2n(C)c1=O)c1c(O)cc(O)c2c(=O)c(O)c(-c3ccc(O)c(O)c3)oc12. The van der Waals surface area contributed by atoms with Crippen molar-refractivity contribution in [3.05, 3.63) is 86.3 Å². The molecule has 0 amide bonds. The van der Waals surface area contributed by atoms with E-state index in [0.29, 0.717) is 10.9 Å². The molecule has 1 atom stereocenters. The Balaban J connectivity index is 1.90. The van der Waals surface area contributed by atoms with Gasteiger partial charge in [-0.3, -0.25) is 14.4 Å². The highest BCUT2D eigenvalue weighted by molar-refractivity contribution is 5.92. The number of para-hydroxylation sites is 1. The molecule has 0 aliphatic carbocycles. The van der Waals surface area contributed by atoms with Gasteiger partial charge in [0.25, 0.3) is 5.56 Å². The fourth-order valence-electron chi connectivity index (χ4n) is 4.86. The summed E-state index contributed by atoms with van der Waals surface area (Å²) in [5.41, 5.74) is -1.53. The van der Waals surface area contributed by atoms with E-state index in [-0.39, 0.29) is 16.7 Å². The number of fused-ring (bicyclic) bond motifs is 2. The Morgan fingerprint density at radius 1 is 0.925 bits per heavy atom. The number of nitrogens with zero attached hydrogens (tertiary/aromatic N) is 1. The van der Waals surface area contributed by atoms with Crippen LogP contribution in [0.1, 0.15) is 23.5 Å². The van der Waals surface area contributed by atoms with Crippen LogP contribution in [0.3, 0.4) is 0 Å². The first kappa shape index (κ1) is 26.2. The zero-order valence-electron chi connectivity index (χ0n) is 21.2. The topological polar surface area (TPSA) is 180 Å². The van der Waals surface area contributed by atoms with Crippen LogP contribution in [0.15, 0.2) is 68.6 Å². The number of hydrogen-bond donors (Lipinski definition) is 5. The molecule has 0 bridgehead atoms. The molecule has 0 radical (unpaired) electrons. The van der Waals surface area contributed by atoms with Crippen molar-refractivity contribution in [3.8, 4) is 40.1 Å². The Morgan fingerprint density at radius 2 is 1.65 bits per heavy atom. The lowest BCUT2D eigenvalue weighted by molar-refractivity contribution is -0.140. The maximum atomic E-state index is 13.6. The third-order valence-electron chi connectivity index (χ3n) is 6.86. The first-order valence-corrected chi connectivity index (χ1v) is 12.0. The van der Waals surface area contributed by atoms with E-state index in [1.807, 2.05) is 0 Å². The third kappa shape index (κ3) is 4.13. The molecule has 0 aliphatic heterocycles. The molecule has 2 heterocycles. The maximum Gasteiger partial charge on any atom is 0.306 e. The van der Waals surface area contributed by atoms with Crippen LogP contribution in [0.4, 0.5) is 0 Å². The smallest absolute Gasteiger partial charge is 0.306 e. The van der Waals surface area contributed by atoms with Crippen molar-refractivity contribution in [2.24, 2.45) is 7.05 Å². The van der Waals surface area contributed by atoms with Crippen LogP contribution in [0.5, 0.6) is 28.7 Å². The molecule has 0 saturated carbocycles. The van der Waals surface area contributed by atoms with Crippen LogP contribution in [-0.2, 0) is 16.6 Å². The highest BCUT2D eigenvalue weighted by Gasteiger charge is 2.31. The van der Waals surface area contributed by atoms with Gasteiger partial charge < -0.3 is 39.3 Å². The number of aryl methyl sites for hydroxylation is 1. The summed E-state index contributed by atoms with van der Waals surface area (Å²) in [5.74, 6) is -5.70. The fraction of sp³-hybridized carbons (Fsp3) is 0.138. The highest BCUT2D eigenvalue weighted by Crippen LogP contribution is 2.44. The van der Waals surface area contributed by atoms with Crippen LogP contribution in [0, 0.1) is 0 Å². The Labute approximate surface area is 225 Å². The van der Waals surface area contributed by atoms with Gasteiger partial charge in [-0.25, -0.2) is 0 Å². The third-order valence-corrected chi connectivity index (χ3v) is 6.86. The maximum absolute atomic E-state index is 13.6. The van der Waals surface area contributed by atoms with Crippen LogP contribution in [0.2, 0.25) is 0 Å². The first-order chi connectivity index (χ1) is 19.0. The van der Waals surface area contributed by atoms with E-state index in [4.69, 9.17) is 9.15 Å². The van der Waals surface area contributed by atoms with Crippen molar-refractivity contribution >= 4 is 27.8 Å². The number of ether oxygens (including phenoxy) is 1. The van der Waals surface area contributed by atoms with Gasteiger partial charge in [-0.1, -0.05) is 18.2 Å². The molecule has 0 aliphatic rings. The number of aromatic nitrogens is 1. The Morgan fingerprint density at radius 3 is 2.35 bits per heavy atom. The lowest BCUT2D eigenvalue weighted by Crippen LogP contribution is -2.25. The lowest BCUT2D eigenvalue weighted by atomic mass is 9.86. The lowest BCUT2D eigenvalue weighted by Gasteiger charge is -2.21. The molecule has 40 heavy (non-hydrogen) atoms. The molecule has 11 nitrogen and oxygen atoms in total. The normalized spacial score (nSPS) is 12.1. The number of rotatable bonds is 5. The predicted octanol–water partition coefficient (Wildman–Crippen LogP) is 3.53. The number of esters is 1. The Bertz CT molecular complexity index is 1950. The molecular formula is C29H23NO10. The quantitative estimate of drug-likeness (QED) is 0.162. The summed E-state index contributed by atoms with van der Waals surface area (Å²) in [6.07, 6.45) is -0.461. The van der Waals surface area contributed by atoms with E-state index in [1.54, 1.807) is 37.4 Å². The molecule has 0 fully saturated rings. The zero-order valence-corrected chi connectivity index (χ0v) is 21.2. The zero-order chi connectivity index (χ0) is 28.9. The molecule has 204 valence electrons. The van der Waals surface area contributed by atoms with Crippen molar-refractivity contribution in [2.45, 2.75) is 12.3 Å². The van der Waals surface area contributed by atoms with Gasteiger partial charge in [-0.05, 0) is 35.7 Å². The summed E-state index contributed by atoms with van der Waals surface area (Å²) in [4.78, 5) is 39.4. The van der Waals surface area contributed by atoms with Crippen molar-refractivity contribution in [1.82, 2.24) is 4.57 Å². The number of hydrogen-bond acceptors (Lipinski definition) is 10. The van der Waals surface area contributed by atoms with Crippen molar-refractivity contribution in [2.75, 3.05) is 7.11 Å². The molecular weight excluding hydrogens is 522 g/mol. The van der Waals surface area contributed by atoms with Crippen molar-refractivity contribution in [1.29, 1.82) is 0 Å². The second kappa shape index (κ2) is 9.70. The van der Waals surface area contributed by atoms with Gasteiger partial charge in [-0.15, -0.1) is 0 Å². The summed E-state index contributed by atoms with van der Waals surface area (Å²) in [7, 11) is 2.70. The average Bonchev–Trinajstić information content (AvgIpc) is 2.93. The molecule has 5 aromatic rings. The van der Waals surface area contributed by atoms with E-state index >= 15 is 0 Å². The number of pyridine rings is 1. The molecule has 1 unspecified atom stereocenters. The minimum atomic E-state index is -1.23. The summed E-state index contributed by atoms with van der Waals surface area (Å²) in [6.45, 7) is 0. The molecule has 5 N–H and O–H groups in total. The summed E-state index contributed by atoms with van der Waals surface area (Å²) < 4.78 is 12.1. The van der Waals surface area contributed by atoms with Crippen LogP contribution >= 0.6 is 0 Å². The van der Waals surface area contributed by atoms with Crippen LogP contribution in [0.25, 0.3) is 33.2 Å². The Kier molecular flexibility index (Phi) is 6.34. The molecule has 5 rings (SSSR count). The fourth-order valence-corrected chi connectivity index (χ4v) is 4.86. The molecule has 11 heteroatoms. The van der Waals surface area contributed by atoms with Gasteiger partial charge >= 0.3 is 5.97 Å². The summed E-state index contributed by atoms with van der Waals surface area (Å²) >= 11 is 0. The Hall–Kier alpha value is -5.45. The van der Waals surface area contributed by atoms with Gasteiger partial charge in [0.1, 0.15) is 22.5 Å². The number of benzene rings is 3. The number of carbonyl (C=O) groups excluding carboxylic acids is 1. The van der Waals surface area contributed by atoms with Gasteiger partial charge in [0.2, 0.25) is 11.2 Å². The summed E-state index contributed by atoms with van der Waals surface area (Å²) in [5, 5.41) is 52.1. The number of aromatic hydroxyl groups is 5. The summed E-state index contributed by atoms with van der Waals surface area (Å²) in [6, 6.07) is 12.8. The minimum absolute atomic E-state index is 0.0216. The second-order valence-electron chi connectivity index (χ2n) is 9.20. The number of phenols is 4. The van der Waals surface area contributed by atoms with E-state index in [2.05, 4.69) is 0 Å². The van der Waals surface area contributed by atoms with Gasteiger partial charge in [0, 0.05) is 35.7 Å². The van der Waals surface area contributed by atoms with Gasteiger partial charge in [0.15, 0.2) is 17.3 Å². The van der Waals surface area contributed by atoms with Gasteiger partial charge in [-0.2, -0.15) is 0 Å². The molecule has 0 spiro atoms. The monoisotopic (exact) mass is 545 g/mol. The van der Waals surface area contributed by atoms with Crippen molar-refractivity contribution < 1.29 is 39.5 Å². The molecule has 0 saturated heterocycles. The number of carbonyl (C=O) groups is 1. The first-order valence-electron chi connectivity index (χ1n) is 12.0. The largest absolute Gasteiger partial charge is 0.507 e. The predicted molar refractivity (Wildman–Crippen MR) is 144 cm³/mol. The molecule has 3 aromatic carbocycles. The average molecular weight is 546 g/mol. The standard InChI is InChI=1S/C29H23NO10/c1-30-17-6-4-3-5-13(17)9-16(29(30)38)15(11-22(35)39-2)23-20(33)12-21(34)24-25(36)26(37)27(40-28(23)24)14-7-8-18(31)19(32)10-14/h3-10,12,15,31-34,37H,11H2,1-2H3. The van der Waals surface area contributed by atoms with E-state index in [0.717, 1.165) is 25.3 Å². The number of phenolic OH excluding ortho intramolecular Hbond substituents is 4. The highest BCUT2D eigenvalue weighted by atomic mass is 16.5. The van der Waals surface area contributed by atoms with Gasteiger partial charge in [0.05, 0.1) is 19.0 Å². The molecule has 2 aromatic heterocycles. The van der Waals surface area contributed by atoms with Crippen molar-refractivity contribution in [3.63, 3.8) is 0 Å². The van der Waals surface area contributed by atoms with E-state index in [1.165, 1.54) is 10.6 Å². The van der Waals surface area contributed by atoms with E-state index < -0.39 is 74.8 Å². The van der Waals surface area contributed by atoms with Crippen LogP contribution in [-0.4, -0.2) is 43.2 Å². The number of methoxy groups -OCH3 is 1. The van der Waals surface area contributed by atoms with Crippen LogP contribution < -0.4 is 11.0 Å². The van der Waals surface area contributed by atoms with E-state index in [9.17, 15) is 39.9 Å².